The molecule has 0 spiro atoms. The molecule has 0 aliphatic rings. The number of unbranched alkanes of at least 4 members (excludes halogenated alkanes) is 6. The van der Waals surface area contributed by atoms with Crippen molar-refractivity contribution in [3.63, 3.8) is 0 Å². The fraction of sp³-hybridized carbons (Fsp3) is 0.667. The minimum atomic E-state index is -2.99. The molecule has 0 saturated heterocycles. The zero-order valence-electron chi connectivity index (χ0n) is 17.3. The van der Waals surface area contributed by atoms with Crippen molar-refractivity contribution in [3.8, 4) is 0 Å². The van der Waals surface area contributed by atoms with Gasteiger partial charge in [0.1, 0.15) is 0 Å². The summed E-state index contributed by atoms with van der Waals surface area (Å²) in [6.45, 7) is 6.65. The van der Waals surface area contributed by atoms with E-state index in [1.54, 1.807) is 0 Å². The van der Waals surface area contributed by atoms with Crippen molar-refractivity contribution in [2.75, 3.05) is 19.3 Å². The third-order valence-electron chi connectivity index (χ3n) is 4.29. The lowest BCUT2D eigenvalue weighted by atomic mass is 10.1. The monoisotopic (exact) mass is 395 g/mol. The van der Waals surface area contributed by atoms with Gasteiger partial charge in [0.05, 0.1) is 12.3 Å². The lowest BCUT2D eigenvalue weighted by Crippen LogP contribution is -2.37. The van der Waals surface area contributed by atoms with Gasteiger partial charge in [0, 0.05) is 19.3 Å². The van der Waals surface area contributed by atoms with Crippen molar-refractivity contribution < 1.29 is 8.42 Å². The van der Waals surface area contributed by atoms with Crippen LogP contribution in [-0.2, 0) is 22.1 Å². The number of sulfone groups is 1. The summed E-state index contributed by atoms with van der Waals surface area (Å²) in [6, 6.07) is 7.63. The molecule has 1 aromatic rings. The zero-order chi connectivity index (χ0) is 20.0. The van der Waals surface area contributed by atoms with Crippen molar-refractivity contribution in [2.24, 2.45) is 4.99 Å². The highest BCUT2D eigenvalue weighted by molar-refractivity contribution is 7.89. The number of nitrogens with zero attached hydrogens (tertiary/aromatic N) is 1. The Morgan fingerprint density at radius 1 is 0.889 bits per heavy atom. The molecule has 0 saturated carbocycles. The Balaban J connectivity index is 2.37. The summed E-state index contributed by atoms with van der Waals surface area (Å²) >= 11 is 0. The van der Waals surface area contributed by atoms with E-state index in [9.17, 15) is 8.42 Å². The third-order valence-corrected chi connectivity index (χ3v) is 5.15. The summed E-state index contributed by atoms with van der Waals surface area (Å²) in [6.07, 6.45) is 10.3. The van der Waals surface area contributed by atoms with Crippen LogP contribution in [0.3, 0.4) is 0 Å². The summed E-state index contributed by atoms with van der Waals surface area (Å²) in [4.78, 5) is 4.62. The van der Waals surface area contributed by atoms with Gasteiger partial charge >= 0.3 is 0 Å². The molecule has 2 N–H and O–H groups in total. The van der Waals surface area contributed by atoms with Gasteiger partial charge in [-0.05, 0) is 24.5 Å². The fourth-order valence-corrected chi connectivity index (χ4v) is 3.64. The van der Waals surface area contributed by atoms with Crippen molar-refractivity contribution >= 4 is 15.8 Å². The van der Waals surface area contributed by atoms with Gasteiger partial charge in [-0.3, -0.25) is 0 Å². The maximum absolute atomic E-state index is 11.3. The Hall–Kier alpha value is -1.56. The Bertz CT molecular complexity index is 640. The molecule has 0 fully saturated rings. The van der Waals surface area contributed by atoms with Gasteiger partial charge < -0.3 is 10.6 Å². The molecule has 0 aromatic heterocycles. The number of rotatable bonds is 13. The van der Waals surface area contributed by atoms with E-state index in [2.05, 4.69) is 29.5 Å². The van der Waals surface area contributed by atoms with Crippen LogP contribution >= 0.6 is 0 Å². The predicted molar refractivity (Wildman–Crippen MR) is 116 cm³/mol. The van der Waals surface area contributed by atoms with Crippen LogP contribution in [0.25, 0.3) is 0 Å². The number of aliphatic imine (C=N–C) groups is 1. The first-order valence-corrected chi connectivity index (χ1v) is 12.3. The molecular weight excluding hydrogens is 358 g/mol. The molecule has 0 radical (unpaired) electrons. The number of hydrogen-bond donors (Lipinski definition) is 2. The van der Waals surface area contributed by atoms with E-state index in [0.717, 1.165) is 36.6 Å². The summed E-state index contributed by atoms with van der Waals surface area (Å²) in [5.74, 6) is 0.919. The lowest BCUT2D eigenvalue weighted by molar-refractivity contribution is 0.584. The van der Waals surface area contributed by atoms with Gasteiger partial charge in [-0.2, -0.15) is 0 Å². The molecule has 6 heteroatoms. The molecule has 154 valence electrons. The Labute approximate surface area is 166 Å². The Morgan fingerprint density at radius 2 is 1.48 bits per heavy atom. The van der Waals surface area contributed by atoms with E-state index in [4.69, 9.17) is 0 Å². The lowest BCUT2D eigenvalue weighted by Gasteiger charge is -2.11. The van der Waals surface area contributed by atoms with E-state index >= 15 is 0 Å². The molecular formula is C21H37N3O2S. The van der Waals surface area contributed by atoms with E-state index in [0.29, 0.717) is 6.54 Å². The summed E-state index contributed by atoms with van der Waals surface area (Å²) in [7, 11) is -2.99. The number of benzene rings is 1. The molecule has 27 heavy (non-hydrogen) atoms. The molecule has 0 bridgehead atoms. The Kier molecular flexibility index (Phi) is 11.8. The quantitative estimate of drug-likeness (QED) is 0.300. The van der Waals surface area contributed by atoms with Crippen LogP contribution in [-0.4, -0.2) is 33.7 Å². The molecule has 5 nitrogen and oxygen atoms in total. The van der Waals surface area contributed by atoms with Crippen LogP contribution in [0.4, 0.5) is 0 Å². The first-order chi connectivity index (χ1) is 12.9. The van der Waals surface area contributed by atoms with Crippen LogP contribution in [0, 0.1) is 0 Å². The summed E-state index contributed by atoms with van der Waals surface area (Å²) < 4.78 is 22.7. The van der Waals surface area contributed by atoms with Gasteiger partial charge in [0.2, 0.25) is 0 Å². The van der Waals surface area contributed by atoms with Gasteiger partial charge in [0.25, 0.3) is 0 Å². The molecule has 0 heterocycles. The highest BCUT2D eigenvalue weighted by atomic mass is 32.2. The average molecular weight is 396 g/mol. The minimum Gasteiger partial charge on any atom is -0.357 e. The second kappa shape index (κ2) is 13.6. The fourth-order valence-electron chi connectivity index (χ4n) is 2.84. The van der Waals surface area contributed by atoms with Gasteiger partial charge in [-0.25, -0.2) is 13.4 Å². The number of hydrogen-bond acceptors (Lipinski definition) is 3. The largest absolute Gasteiger partial charge is 0.357 e. The normalized spacial score (nSPS) is 12.2. The van der Waals surface area contributed by atoms with Crippen LogP contribution in [0.1, 0.15) is 69.9 Å². The van der Waals surface area contributed by atoms with Crippen molar-refractivity contribution in [3.05, 3.63) is 35.4 Å². The Morgan fingerprint density at radius 3 is 2.07 bits per heavy atom. The van der Waals surface area contributed by atoms with Gasteiger partial charge in [-0.1, -0.05) is 69.7 Å². The third kappa shape index (κ3) is 12.5. The van der Waals surface area contributed by atoms with Gasteiger partial charge in [0.15, 0.2) is 15.8 Å². The zero-order valence-corrected chi connectivity index (χ0v) is 18.1. The molecule has 0 atom stereocenters. The standard InChI is InChI=1S/C21H37N3O2S/c1-4-6-7-8-9-10-11-16-23-21(22-5-2)24-17-19-12-14-20(15-13-19)18-27(3,25)26/h12-15H,4-11,16-18H2,1-3H3,(H2,22,23,24). The average Bonchev–Trinajstić information content (AvgIpc) is 2.61. The minimum absolute atomic E-state index is 0.0825. The SMILES string of the molecule is CCCCCCCCCNC(=NCc1ccc(CS(C)(=O)=O)cc1)NCC. The molecule has 0 amide bonds. The van der Waals surface area contributed by atoms with Crippen molar-refractivity contribution in [1.29, 1.82) is 0 Å². The van der Waals surface area contributed by atoms with Crippen molar-refractivity contribution in [1.82, 2.24) is 10.6 Å². The van der Waals surface area contributed by atoms with E-state index in [1.807, 2.05) is 24.3 Å². The smallest absolute Gasteiger partial charge is 0.191 e. The van der Waals surface area contributed by atoms with E-state index < -0.39 is 9.84 Å². The van der Waals surface area contributed by atoms with Crippen molar-refractivity contribution in [2.45, 2.75) is 71.1 Å². The van der Waals surface area contributed by atoms with E-state index in [-0.39, 0.29) is 5.75 Å². The molecule has 0 unspecified atom stereocenters. The van der Waals surface area contributed by atoms with E-state index in [1.165, 1.54) is 44.8 Å². The van der Waals surface area contributed by atoms with Crippen LogP contribution < -0.4 is 10.6 Å². The first kappa shape index (κ1) is 23.5. The number of guanidine groups is 1. The highest BCUT2D eigenvalue weighted by Gasteiger charge is 2.04. The highest BCUT2D eigenvalue weighted by Crippen LogP contribution is 2.09. The second-order valence-electron chi connectivity index (χ2n) is 7.13. The second-order valence-corrected chi connectivity index (χ2v) is 9.27. The molecule has 0 aliphatic carbocycles. The van der Waals surface area contributed by atoms with Gasteiger partial charge in [-0.15, -0.1) is 0 Å². The summed E-state index contributed by atoms with van der Waals surface area (Å²) in [5, 5.41) is 6.67. The predicted octanol–water partition coefficient (Wildman–Crippen LogP) is 4.04. The molecule has 1 rings (SSSR count). The maximum atomic E-state index is 11.3. The molecule has 1 aromatic carbocycles. The van der Waals surface area contributed by atoms with Crippen LogP contribution in [0.2, 0.25) is 0 Å². The molecule has 0 aliphatic heterocycles. The summed E-state index contributed by atoms with van der Waals surface area (Å²) in [5.41, 5.74) is 1.88. The maximum Gasteiger partial charge on any atom is 0.191 e. The van der Waals surface area contributed by atoms with Crippen LogP contribution in [0.5, 0.6) is 0 Å². The topological polar surface area (TPSA) is 70.6 Å². The van der Waals surface area contributed by atoms with Crippen LogP contribution in [0.15, 0.2) is 29.3 Å². The number of nitrogens with one attached hydrogen (secondary N) is 2. The first-order valence-electron chi connectivity index (χ1n) is 10.2.